The van der Waals surface area contributed by atoms with Crippen LogP contribution in [0.5, 0.6) is 0 Å². The lowest BCUT2D eigenvalue weighted by molar-refractivity contribution is -0.384. The van der Waals surface area contributed by atoms with Gasteiger partial charge in [0, 0.05) is 19.7 Å². The second-order valence-corrected chi connectivity index (χ2v) is 3.99. The largest absolute Gasteiger partial charge is 0.371 e. The monoisotopic (exact) mass is 254 g/mol. The van der Waals surface area contributed by atoms with Gasteiger partial charge in [0.25, 0.3) is 0 Å². The van der Waals surface area contributed by atoms with E-state index in [-0.39, 0.29) is 27.5 Å². The van der Waals surface area contributed by atoms with Crippen LogP contribution in [0.3, 0.4) is 0 Å². The maximum absolute atomic E-state index is 11.1. The van der Waals surface area contributed by atoms with E-state index in [1.165, 1.54) is 17.0 Å². The molecule has 0 bridgehead atoms. The van der Waals surface area contributed by atoms with E-state index in [1.54, 1.807) is 14.1 Å². The Morgan fingerprint density at radius 3 is 2.53 bits per heavy atom. The summed E-state index contributed by atoms with van der Waals surface area (Å²) in [6, 6.07) is 2.93. The standard InChI is InChI=1S/C11H11ClN2O3/c1-7(6-15)8-4-5-9(12)11(13(2)3)10(8)14(16)17/h4-6H,1H2,2-3H3. The summed E-state index contributed by atoms with van der Waals surface area (Å²) in [4.78, 5) is 22.7. The number of halogens is 1. The van der Waals surface area contributed by atoms with E-state index < -0.39 is 4.92 Å². The van der Waals surface area contributed by atoms with Crippen LogP contribution < -0.4 is 4.90 Å². The molecule has 0 aliphatic rings. The first kappa shape index (κ1) is 13.2. The van der Waals surface area contributed by atoms with Gasteiger partial charge in [0.15, 0.2) is 0 Å². The Bertz CT molecular complexity index is 498. The van der Waals surface area contributed by atoms with E-state index in [0.717, 1.165) is 0 Å². The number of hydrogen-bond donors (Lipinski definition) is 0. The summed E-state index contributed by atoms with van der Waals surface area (Å²) in [5.41, 5.74) is 0.284. The van der Waals surface area contributed by atoms with E-state index in [4.69, 9.17) is 11.6 Å². The number of carbonyl (C=O) groups excluding carboxylic acids is 1. The van der Waals surface area contributed by atoms with E-state index in [9.17, 15) is 14.9 Å². The summed E-state index contributed by atoms with van der Waals surface area (Å²) in [7, 11) is 3.28. The molecule has 0 aromatic heterocycles. The van der Waals surface area contributed by atoms with Gasteiger partial charge in [-0.15, -0.1) is 0 Å². The molecule has 90 valence electrons. The van der Waals surface area contributed by atoms with Crippen LogP contribution in [-0.2, 0) is 4.79 Å². The zero-order chi connectivity index (χ0) is 13.2. The molecule has 6 heteroatoms. The number of anilines is 1. The van der Waals surface area contributed by atoms with Crippen molar-refractivity contribution < 1.29 is 9.72 Å². The third kappa shape index (κ3) is 2.45. The van der Waals surface area contributed by atoms with Crippen LogP contribution in [0.4, 0.5) is 11.4 Å². The molecule has 0 spiro atoms. The second kappa shape index (κ2) is 4.97. The Morgan fingerprint density at radius 2 is 2.12 bits per heavy atom. The maximum atomic E-state index is 11.1. The average Bonchev–Trinajstić information content (AvgIpc) is 2.26. The van der Waals surface area contributed by atoms with Crippen LogP contribution in [0, 0.1) is 10.1 Å². The Labute approximate surface area is 103 Å². The topological polar surface area (TPSA) is 63.5 Å². The van der Waals surface area contributed by atoms with Crippen LogP contribution >= 0.6 is 11.6 Å². The van der Waals surface area contributed by atoms with E-state index in [2.05, 4.69) is 6.58 Å². The Morgan fingerprint density at radius 1 is 1.53 bits per heavy atom. The molecule has 0 radical (unpaired) electrons. The van der Waals surface area contributed by atoms with Crippen molar-refractivity contribution in [3.8, 4) is 0 Å². The molecule has 0 atom stereocenters. The van der Waals surface area contributed by atoms with Gasteiger partial charge in [-0.2, -0.15) is 0 Å². The van der Waals surface area contributed by atoms with E-state index in [1.807, 2.05) is 0 Å². The molecule has 0 aliphatic heterocycles. The van der Waals surface area contributed by atoms with Crippen LogP contribution in [0.15, 0.2) is 18.7 Å². The number of benzene rings is 1. The fourth-order valence-corrected chi connectivity index (χ4v) is 1.81. The smallest absolute Gasteiger partial charge is 0.301 e. The molecule has 0 heterocycles. The third-order valence-electron chi connectivity index (χ3n) is 2.22. The number of rotatable bonds is 4. The highest BCUT2D eigenvalue weighted by molar-refractivity contribution is 6.34. The highest BCUT2D eigenvalue weighted by Gasteiger charge is 2.25. The molecular formula is C11H11ClN2O3. The first-order valence-corrected chi connectivity index (χ1v) is 5.06. The van der Waals surface area contributed by atoms with Crippen molar-refractivity contribution in [2.75, 3.05) is 19.0 Å². The van der Waals surface area contributed by atoms with Gasteiger partial charge in [0.05, 0.1) is 15.5 Å². The van der Waals surface area contributed by atoms with Gasteiger partial charge in [-0.3, -0.25) is 14.9 Å². The first-order chi connectivity index (χ1) is 7.90. The van der Waals surface area contributed by atoms with Crippen LogP contribution in [-0.4, -0.2) is 25.3 Å². The van der Waals surface area contributed by atoms with Crippen molar-refractivity contribution in [1.82, 2.24) is 0 Å². The van der Waals surface area contributed by atoms with E-state index >= 15 is 0 Å². The molecule has 0 fully saturated rings. The minimum atomic E-state index is -0.564. The molecule has 0 saturated heterocycles. The van der Waals surface area contributed by atoms with Gasteiger partial charge in [-0.05, 0) is 12.1 Å². The molecule has 5 nitrogen and oxygen atoms in total. The fourth-order valence-electron chi connectivity index (χ4n) is 1.49. The van der Waals surface area contributed by atoms with Gasteiger partial charge in [0.1, 0.15) is 12.0 Å². The summed E-state index contributed by atoms with van der Waals surface area (Å²) in [5.74, 6) is 0. The molecular weight excluding hydrogens is 244 g/mol. The molecule has 0 amide bonds. The van der Waals surface area contributed by atoms with Crippen LogP contribution in [0.1, 0.15) is 5.56 Å². The number of hydrogen-bond acceptors (Lipinski definition) is 4. The average molecular weight is 255 g/mol. The second-order valence-electron chi connectivity index (χ2n) is 3.59. The van der Waals surface area contributed by atoms with Crippen molar-refractivity contribution in [2.45, 2.75) is 0 Å². The highest BCUT2D eigenvalue weighted by Crippen LogP contribution is 2.39. The summed E-state index contributed by atoms with van der Waals surface area (Å²) in [6.07, 6.45) is 0.482. The molecule has 0 aliphatic carbocycles. The Kier molecular flexibility index (Phi) is 3.85. The SMILES string of the molecule is C=C(C=O)c1ccc(Cl)c(N(C)C)c1[N+](=O)[O-]. The molecule has 1 rings (SSSR count). The molecule has 0 unspecified atom stereocenters. The lowest BCUT2D eigenvalue weighted by Crippen LogP contribution is -2.13. The summed E-state index contributed by atoms with van der Waals surface area (Å²) < 4.78 is 0. The zero-order valence-corrected chi connectivity index (χ0v) is 10.2. The predicted octanol–water partition coefficient (Wildman–Crippen LogP) is 2.53. The summed E-state index contributed by atoms with van der Waals surface area (Å²) >= 11 is 5.92. The number of nitrogens with zero attached hydrogens (tertiary/aromatic N) is 2. The summed E-state index contributed by atoms with van der Waals surface area (Å²) in [6.45, 7) is 3.48. The Balaban J connectivity index is 3.64. The van der Waals surface area contributed by atoms with Crippen LogP contribution in [0.2, 0.25) is 5.02 Å². The van der Waals surface area contributed by atoms with Crippen molar-refractivity contribution in [1.29, 1.82) is 0 Å². The maximum Gasteiger partial charge on any atom is 0.301 e. The Hall–Kier alpha value is -1.88. The van der Waals surface area contributed by atoms with Crippen molar-refractivity contribution >= 4 is 34.8 Å². The van der Waals surface area contributed by atoms with Crippen molar-refractivity contribution in [3.63, 3.8) is 0 Å². The number of allylic oxidation sites excluding steroid dienone is 1. The number of nitro benzene ring substituents is 1. The number of aldehydes is 1. The molecule has 0 N–H and O–H groups in total. The number of carbonyl (C=O) groups is 1. The van der Waals surface area contributed by atoms with E-state index in [0.29, 0.717) is 6.29 Å². The zero-order valence-electron chi connectivity index (χ0n) is 9.44. The molecule has 0 saturated carbocycles. The molecule has 17 heavy (non-hydrogen) atoms. The van der Waals surface area contributed by atoms with Gasteiger partial charge in [-0.1, -0.05) is 18.2 Å². The summed E-state index contributed by atoms with van der Waals surface area (Å²) in [5, 5.41) is 11.3. The first-order valence-electron chi connectivity index (χ1n) is 4.68. The highest BCUT2D eigenvalue weighted by atomic mass is 35.5. The lowest BCUT2D eigenvalue weighted by atomic mass is 10.0. The minimum Gasteiger partial charge on any atom is -0.371 e. The third-order valence-corrected chi connectivity index (χ3v) is 2.52. The van der Waals surface area contributed by atoms with Crippen LogP contribution in [0.25, 0.3) is 5.57 Å². The van der Waals surface area contributed by atoms with Gasteiger partial charge in [0.2, 0.25) is 0 Å². The predicted molar refractivity (Wildman–Crippen MR) is 67.5 cm³/mol. The lowest BCUT2D eigenvalue weighted by Gasteiger charge is -2.16. The molecule has 1 aromatic carbocycles. The normalized spacial score (nSPS) is 9.82. The van der Waals surface area contributed by atoms with Gasteiger partial charge in [-0.25, -0.2) is 0 Å². The van der Waals surface area contributed by atoms with Gasteiger partial charge < -0.3 is 4.90 Å². The number of nitro groups is 1. The van der Waals surface area contributed by atoms with Gasteiger partial charge >= 0.3 is 5.69 Å². The quantitative estimate of drug-likeness (QED) is 0.358. The fraction of sp³-hybridized carbons (Fsp3) is 0.182. The minimum absolute atomic E-state index is 0.0523. The van der Waals surface area contributed by atoms with Crippen molar-refractivity contribution in [2.24, 2.45) is 0 Å². The molecule has 1 aromatic rings. The van der Waals surface area contributed by atoms with Crippen molar-refractivity contribution in [3.05, 3.63) is 39.4 Å².